The second kappa shape index (κ2) is 11.0. The Kier molecular flexibility index (Phi) is 7.30. The van der Waals surface area contributed by atoms with Gasteiger partial charge in [-0.05, 0) is 70.8 Å². The Bertz CT molecular complexity index is 1530. The predicted molar refractivity (Wildman–Crippen MR) is 144 cm³/mol. The third kappa shape index (κ3) is 5.72. The predicted octanol–water partition coefficient (Wildman–Crippen LogP) is 6.92. The molecular formula is C32H29F3N2O4. The van der Waals surface area contributed by atoms with Gasteiger partial charge in [0.15, 0.2) is 0 Å². The van der Waals surface area contributed by atoms with Crippen molar-refractivity contribution >= 4 is 5.97 Å². The second-order valence-electron chi connectivity index (χ2n) is 10.7. The highest BCUT2D eigenvalue weighted by atomic mass is 19.4. The van der Waals surface area contributed by atoms with Crippen molar-refractivity contribution in [1.82, 2.24) is 10.1 Å². The monoisotopic (exact) mass is 562 g/mol. The van der Waals surface area contributed by atoms with Gasteiger partial charge in [0.25, 0.3) is 0 Å². The number of aliphatic carboxylic acids is 1. The van der Waals surface area contributed by atoms with E-state index in [1.54, 1.807) is 36.4 Å². The molecule has 212 valence electrons. The number of fused-ring (bicyclic) bond motifs is 2. The number of benzene rings is 3. The van der Waals surface area contributed by atoms with E-state index in [1.807, 2.05) is 18.2 Å². The van der Waals surface area contributed by atoms with Crippen molar-refractivity contribution in [2.75, 3.05) is 6.54 Å². The van der Waals surface area contributed by atoms with Crippen LogP contribution in [0.2, 0.25) is 0 Å². The van der Waals surface area contributed by atoms with Crippen molar-refractivity contribution in [1.29, 1.82) is 0 Å². The summed E-state index contributed by atoms with van der Waals surface area (Å²) in [5, 5.41) is 13.3. The smallest absolute Gasteiger partial charge is 0.416 e. The number of carbonyl (C=O) groups is 1. The molecule has 1 N–H and O–H groups in total. The normalized spacial score (nSPS) is 17.6. The molecule has 0 amide bonds. The summed E-state index contributed by atoms with van der Waals surface area (Å²) in [6.07, 6.45) is -1.65. The Morgan fingerprint density at radius 1 is 1.05 bits per heavy atom. The molecule has 0 spiro atoms. The highest BCUT2D eigenvalue weighted by Gasteiger charge is 2.38. The third-order valence-electron chi connectivity index (χ3n) is 8.12. The average molecular weight is 563 g/mol. The number of carboxylic acids is 1. The molecule has 6 rings (SSSR count). The number of halogens is 3. The van der Waals surface area contributed by atoms with E-state index in [-0.39, 0.29) is 19.1 Å². The maximum absolute atomic E-state index is 14.1. The fraction of sp³-hybridized carbons (Fsp3) is 0.312. The third-order valence-corrected chi connectivity index (χ3v) is 8.12. The first-order chi connectivity index (χ1) is 19.8. The van der Waals surface area contributed by atoms with Gasteiger partial charge >= 0.3 is 12.1 Å². The maximum atomic E-state index is 14.1. The molecule has 3 aromatic carbocycles. The highest BCUT2D eigenvalue weighted by Crippen LogP contribution is 2.43. The van der Waals surface area contributed by atoms with E-state index in [0.29, 0.717) is 42.9 Å². The summed E-state index contributed by atoms with van der Waals surface area (Å²) in [6.45, 7) is 1.57. The van der Waals surface area contributed by atoms with Gasteiger partial charge in [0.1, 0.15) is 18.1 Å². The van der Waals surface area contributed by atoms with Crippen LogP contribution in [0.5, 0.6) is 5.75 Å². The fourth-order valence-corrected chi connectivity index (χ4v) is 6.13. The lowest BCUT2D eigenvalue weighted by molar-refractivity contribution is -0.139. The minimum atomic E-state index is -4.44. The van der Waals surface area contributed by atoms with E-state index in [4.69, 9.17) is 9.26 Å². The molecule has 4 aromatic rings. The number of aromatic nitrogens is 1. The molecule has 2 heterocycles. The quantitative estimate of drug-likeness (QED) is 0.251. The Balaban J connectivity index is 1.23. The number of hydrogen-bond donors (Lipinski definition) is 1. The zero-order chi connectivity index (χ0) is 28.6. The molecule has 1 aliphatic heterocycles. The molecule has 1 aliphatic carbocycles. The van der Waals surface area contributed by atoms with Gasteiger partial charge in [-0.1, -0.05) is 47.6 Å². The molecule has 1 aromatic heterocycles. The molecule has 41 heavy (non-hydrogen) atoms. The van der Waals surface area contributed by atoms with Gasteiger partial charge < -0.3 is 14.4 Å². The van der Waals surface area contributed by atoms with E-state index < -0.39 is 23.6 Å². The van der Waals surface area contributed by atoms with E-state index in [9.17, 15) is 23.1 Å². The zero-order valence-corrected chi connectivity index (χ0v) is 22.2. The summed E-state index contributed by atoms with van der Waals surface area (Å²) in [6, 6.07) is 19.6. The van der Waals surface area contributed by atoms with Crippen LogP contribution in [0.25, 0.3) is 0 Å². The van der Waals surface area contributed by atoms with Crippen LogP contribution < -0.4 is 4.74 Å². The molecule has 0 radical (unpaired) electrons. The molecule has 6 nitrogen and oxygen atoms in total. The molecule has 0 fully saturated rings. The number of alkyl halides is 3. The highest BCUT2D eigenvalue weighted by molar-refractivity contribution is 5.69. The summed E-state index contributed by atoms with van der Waals surface area (Å²) in [4.78, 5) is 13.5. The van der Waals surface area contributed by atoms with Crippen LogP contribution >= 0.6 is 0 Å². The van der Waals surface area contributed by atoms with Gasteiger partial charge in [0.05, 0.1) is 17.7 Å². The van der Waals surface area contributed by atoms with Crippen LogP contribution in [0.4, 0.5) is 13.2 Å². The first kappa shape index (κ1) is 27.1. The lowest BCUT2D eigenvalue weighted by Crippen LogP contribution is -2.31. The topological polar surface area (TPSA) is 75.8 Å². The van der Waals surface area contributed by atoms with Crippen molar-refractivity contribution < 1.29 is 32.3 Å². The average Bonchev–Trinajstić information content (AvgIpc) is 3.63. The number of ether oxygens (including phenoxy) is 1. The van der Waals surface area contributed by atoms with Crippen LogP contribution in [0.3, 0.4) is 0 Å². The van der Waals surface area contributed by atoms with Gasteiger partial charge in [-0.25, -0.2) is 0 Å². The van der Waals surface area contributed by atoms with Crippen LogP contribution in [-0.2, 0) is 36.9 Å². The maximum Gasteiger partial charge on any atom is 0.416 e. The SMILES string of the molecule is O=C(O)C[C@@H](c1ccc(O[C@@H]2CCc3c2ccc(C(F)(F)F)c3CN2CCc3ccccc3C2)cc1)c1ccon1. The van der Waals surface area contributed by atoms with Crippen LogP contribution in [0, 0.1) is 0 Å². The first-order valence-electron chi connectivity index (χ1n) is 13.7. The van der Waals surface area contributed by atoms with Gasteiger partial charge in [0, 0.05) is 31.6 Å². The van der Waals surface area contributed by atoms with Crippen molar-refractivity contribution in [2.24, 2.45) is 0 Å². The summed E-state index contributed by atoms with van der Waals surface area (Å²) in [7, 11) is 0. The van der Waals surface area contributed by atoms with E-state index in [0.717, 1.165) is 23.1 Å². The number of nitrogens with zero attached hydrogens (tertiary/aromatic N) is 2. The van der Waals surface area contributed by atoms with E-state index in [1.165, 1.54) is 23.5 Å². The molecule has 2 atom stereocenters. The summed E-state index contributed by atoms with van der Waals surface area (Å²) in [5.41, 5.74) is 4.99. The second-order valence-corrected chi connectivity index (χ2v) is 10.7. The Morgan fingerprint density at radius 2 is 1.83 bits per heavy atom. The standard InChI is InChI=1S/C32H29F3N2O4/c33-32(34,35)28-11-9-25-24(27(28)19-37-15-13-20-3-1-2-4-22(20)18-37)10-12-30(25)41-23-7-5-21(6-8-23)26(17-31(38)39)29-14-16-40-36-29/h1-9,11,14,16,26,30H,10,12-13,15,17-19H2,(H,38,39)/t26-,30+/m0/s1. The van der Waals surface area contributed by atoms with Gasteiger partial charge in [-0.2, -0.15) is 13.2 Å². The zero-order valence-electron chi connectivity index (χ0n) is 22.2. The van der Waals surface area contributed by atoms with E-state index in [2.05, 4.69) is 16.1 Å². The Morgan fingerprint density at radius 3 is 2.54 bits per heavy atom. The van der Waals surface area contributed by atoms with Gasteiger partial charge in [-0.15, -0.1) is 0 Å². The molecule has 0 unspecified atom stereocenters. The van der Waals surface area contributed by atoms with Crippen molar-refractivity contribution in [2.45, 2.75) is 57.0 Å². The number of rotatable bonds is 8. The molecule has 9 heteroatoms. The molecule has 0 saturated carbocycles. The van der Waals surface area contributed by atoms with Crippen molar-refractivity contribution in [3.63, 3.8) is 0 Å². The van der Waals surface area contributed by atoms with Gasteiger partial charge in [0.2, 0.25) is 0 Å². The Hall–Kier alpha value is -4.11. The number of hydrogen-bond acceptors (Lipinski definition) is 5. The van der Waals surface area contributed by atoms with Crippen LogP contribution in [0.1, 0.15) is 69.5 Å². The van der Waals surface area contributed by atoms with Crippen LogP contribution in [0.15, 0.2) is 77.5 Å². The summed E-state index contributed by atoms with van der Waals surface area (Å²) < 4.78 is 53.6. The number of carboxylic acid groups (broad SMARTS) is 1. The summed E-state index contributed by atoms with van der Waals surface area (Å²) in [5.74, 6) is -0.865. The fourth-order valence-electron chi connectivity index (χ4n) is 6.13. The van der Waals surface area contributed by atoms with E-state index >= 15 is 0 Å². The molecular weight excluding hydrogens is 533 g/mol. The van der Waals surface area contributed by atoms with Crippen LogP contribution in [-0.4, -0.2) is 27.7 Å². The lowest BCUT2D eigenvalue weighted by Gasteiger charge is -2.30. The largest absolute Gasteiger partial charge is 0.486 e. The molecule has 0 bridgehead atoms. The molecule has 0 saturated heterocycles. The molecule has 2 aliphatic rings. The minimum Gasteiger partial charge on any atom is -0.486 e. The lowest BCUT2D eigenvalue weighted by atomic mass is 9.92. The van der Waals surface area contributed by atoms with Crippen molar-refractivity contribution in [3.05, 3.63) is 118 Å². The summed E-state index contributed by atoms with van der Waals surface area (Å²) >= 11 is 0. The minimum absolute atomic E-state index is 0.143. The Labute approximate surface area is 235 Å². The van der Waals surface area contributed by atoms with Crippen molar-refractivity contribution in [3.8, 4) is 5.75 Å². The first-order valence-corrected chi connectivity index (χ1v) is 13.7. The van der Waals surface area contributed by atoms with Gasteiger partial charge in [-0.3, -0.25) is 9.69 Å².